The van der Waals surface area contributed by atoms with Gasteiger partial charge >= 0.3 is 0 Å². The number of ether oxygens (including phenoxy) is 1. The van der Waals surface area contributed by atoms with Crippen LogP contribution in [0.2, 0.25) is 0 Å². The number of carbonyl (C=O) groups is 3. The number of amides is 3. The fourth-order valence-electron chi connectivity index (χ4n) is 4.20. The molecule has 0 radical (unpaired) electrons. The van der Waals surface area contributed by atoms with Crippen LogP contribution in [-0.2, 0) is 14.4 Å². The lowest BCUT2D eigenvalue weighted by molar-refractivity contribution is -0.138. The van der Waals surface area contributed by atoms with Gasteiger partial charge in [0.1, 0.15) is 17.3 Å². The van der Waals surface area contributed by atoms with Gasteiger partial charge in [-0.3, -0.25) is 24.3 Å². The van der Waals surface area contributed by atoms with Crippen molar-refractivity contribution in [3.05, 3.63) is 48.1 Å². The summed E-state index contributed by atoms with van der Waals surface area (Å²) in [6, 6.07) is 5.44. The first-order chi connectivity index (χ1) is 15.5. The minimum Gasteiger partial charge on any atom is -0.495 e. The molecule has 0 atom stereocenters. The zero-order valence-electron chi connectivity index (χ0n) is 17.7. The van der Waals surface area contributed by atoms with E-state index >= 15 is 0 Å². The van der Waals surface area contributed by atoms with Gasteiger partial charge in [-0.15, -0.1) is 0 Å². The van der Waals surface area contributed by atoms with E-state index in [1.165, 1.54) is 4.90 Å². The van der Waals surface area contributed by atoms with Crippen LogP contribution in [0.25, 0.3) is 11.1 Å². The predicted molar refractivity (Wildman–Crippen MR) is 115 cm³/mol. The van der Waals surface area contributed by atoms with Crippen LogP contribution in [0.4, 0.5) is 5.82 Å². The number of rotatable bonds is 6. The number of carbonyl (C=O) groups excluding carboxylic acids is 3. The largest absolute Gasteiger partial charge is 0.495 e. The van der Waals surface area contributed by atoms with Crippen LogP contribution in [0.5, 0.6) is 5.75 Å². The van der Waals surface area contributed by atoms with Gasteiger partial charge < -0.3 is 15.0 Å². The summed E-state index contributed by atoms with van der Waals surface area (Å²) >= 11 is 0. The lowest BCUT2D eigenvalue weighted by atomic mass is 10.0. The van der Waals surface area contributed by atoms with Crippen LogP contribution in [0, 0.1) is 0 Å². The van der Waals surface area contributed by atoms with Gasteiger partial charge in [0.25, 0.3) is 11.8 Å². The lowest BCUT2D eigenvalue weighted by Crippen LogP contribution is -2.40. The van der Waals surface area contributed by atoms with E-state index < -0.39 is 0 Å². The maximum absolute atomic E-state index is 12.8. The summed E-state index contributed by atoms with van der Waals surface area (Å²) in [5.41, 5.74) is 2.65. The van der Waals surface area contributed by atoms with Crippen LogP contribution in [0.15, 0.2) is 48.1 Å². The van der Waals surface area contributed by atoms with Crippen LogP contribution in [-0.4, -0.2) is 63.7 Å². The number of anilines is 1. The molecule has 3 aliphatic rings. The molecule has 0 bridgehead atoms. The topological polar surface area (TPSA) is 105 Å². The first-order valence-electron chi connectivity index (χ1n) is 10.7. The molecular weight excluding hydrogens is 410 g/mol. The van der Waals surface area contributed by atoms with Gasteiger partial charge in [0, 0.05) is 41.7 Å². The van der Waals surface area contributed by atoms with Crippen molar-refractivity contribution in [1.82, 2.24) is 19.8 Å². The quantitative estimate of drug-likeness (QED) is 0.695. The Hall–Kier alpha value is -3.75. The highest BCUT2D eigenvalue weighted by Gasteiger charge is 2.48. The van der Waals surface area contributed by atoms with Gasteiger partial charge in [0.2, 0.25) is 5.91 Å². The Balaban J connectivity index is 1.25. The second kappa shape index (κ2) is 8.07. The summed E-state index contributed by atoms with van der Waals surface area (Å²) in [5, 5.41) is 2.78. The maximum Gasteiger partial charge on any atom is 0.277 e. The zero-order chi connectivity index (χ0) is 22.2. The molecule has 5 rings (SSSR count). The molecule has 2 aromatic rings. The molecule has 1 N–H and O–H groups in total. The first-order valence-corrected chi connectivity index (χ1v) is 10.7. The molecule has 2 aliphatic heterocycles. The molecule has 2 aromatic heterocycles. The predicted octanol–water partition coefficient (Wildman–Crippen LogP) is 1.97. The van der Waals surface area contributed by atoms with Crippen LogP contribution < -0.4 is 10.1 Å². The summed E-state index contributed by atoms with van der Waals surface area (Å²) in [6.45, 7) is 0.568. The van der Waals surface area contributed by atoms with E-state index in [0.717, 1.165) is 30.4 Å². The summed E-state index contributed by atoms with van der Waals surface area (Å²) in [6.07, 6.45) is 8.05. The average molecular weight is 433 g/mol. The molecule has 9 heteroatoms. The molecule has 1 fully saturated rings. The second-order valence-corrected chi connectivity index (χ2v) is 8.16. The van der Waals surface area contributed by atoms with Crippen molar-refractivity contribution in [2.75, 3.05) is 25.5 Å². The van der Waals surface area contributed by atoms with Crippen molar-refractivity contribution in [3.8, 4) is 16.9 Å². The van der Waals surface area contributed by atoms with Gasteiger partial charge in [-0.2, -0.15) is 0 Å². The standard InChI is InChI=1S/C23H23N5O4/c1-32-17-9-15(10-24-12-17)14-4-7-19(25-11-14)26-20(29)13-27-8-2-3-18-21(27)23(31)28(22(18)30)16-5-6-16/h4,7,9-12,16H,2-3,5-6,8,13H2,1H3,(H,25,26,29). The molecule has 0 aromatic carbocycles. The molecule has 9 nitrogen and oxygen atoms in total. The molecule has 0 unspecified atom stereocenters. The number of nitrogens with zero attached hydrogens (tertiary/aromatic N) is 4. The number of methoxy groups -OCH3 is 1. The average Bonchev–Trinajstić information content (AvgIpc) is 3.60. The number of nitrogens with one attached hydrogen (secondary N) is 1. The highest BCUT2D eigenvalue weighted by molar-refractivity contribution is 6.19. The van der Waals surface area contributed by atoms with Crippen LogP contribution >= 0.6 is 0 Å². The Morgan fingerprint density at radius 1 is 1.16 bits per heavy atom. The van der Waals surface area contributed by atoms with Crippen molar-refractivity contribution in [2.45, 2.75) is 31.7 Å². The molecule has 1 aliphatic carbocycles. The smallest absolute Gasteiger partial charge is 0.277 e. The fourth-order valence-corrected chi connectivity index (χ4v) is 4.20. The van der Waals surface area contributed by atoms with Gasteiger partial charge in [-0.05, 0) is 43.9 Å². The molecular formula is C23H23N5O4. The van der Waals surface area contributed by atoms with E-state index in [9.17, 15) is 14.4 Å². The van der Waals surface area contributed by atoms with Crippen LogP contribution in [0.3, 0.4) is 0 Å². The monoisotopic (exact) mass is 433 g/mol. The summed E-state index contributed by atoms with van der Waals surface area (Å²) in [4.78, 5) is 49.7. The summed E-state index contributed by atoms with van der Waals surface area (Å²) in [7, 11) is 1.58. The normalized spacial score (nSPS) is 18.2. The Kier molecular flexibility index (Phi) is 5.08. The van der Waals surface area contributed by atoms with Crippen molar-refractivity contribution >= 4 is 23.5 Å². The summed E-state index contributed by atoms with van der Waals surface area (Å²) < 4.78 is 5.20. The lowest BCUT2D eigenvalue weighted by Gasteiger charge is -2.28. The number of hydrogen-bond acceptors (Lipinski definition) is 7. The third kappa shape index (κ3) is 3.70. The van der Waals surface area contributed by atoms with E-state index in [1.54, 1.807) is 36.7 Å². The fraction of sp³-hybridized carbons (Fsp3) is 0.348. The van der Waals surface area contributed by atoms with Crippen LogP contribution in [0.1, 0.15) is 25.7 Å². The molecule has 1 saturated carbocycles. The maximum atomic E-state index is 12.8. The molecule has 0 saturated heterocycles. The van der Waals surface area contributed by atoms with Crippen molar-refractivity contribution < 1.29 is 19.1 Å². The van der Waals surface area contributed by atoms with E-state index in [2.05, 4.69) is 15.3 Å². The first kappa shape index (κ1) is 20.2. The van der Waals surface area contributed by atoms with E-state index in [1.807, 2.05) is 12.1 Å². The summed E-state index contributed by atoms with van der Waals surface area (Å²) in [5.74, 6) is 0.341. The second-order valence-electron chi connectivity index (χ2n) is 8.16. The van der Waals surface area contributed by atoms with E-state index in [0.29, 0.717) is 35.8 Å². The Morgan fingerprint density at radius 3 is 2.72 bits per heavy atom. The van der Waals surface area contributed by atoms with E-state index in [-0.39, 0.29) is 30.3 Å². The Bertz CT molecular complexity index is 1120. The zero-order valence-corrected chi connectivity index (χ0v) is 17.7. The molecule has 32 heavy (non-hydrogen) atoms. The third-order valence-corrected chi connectivity index (χ3v) is 5.91. The highest BCUT2D eigenvalue weighted by atomic mass is 16.5. The number of pyridine rings is 2. The molecule has 3 amide bonds. The Labute approximate surface area is 185 Å². The molecule has 0 spiro atoms. The van der Waals surface area contributed by atoms with Crippen molar-refractivity contribution in [3.63, 3.8) is 0 Å². The number of hydrogen-bond donors (Lipinski definition) is 1. The molecule has 164 valence electrons. The third-order valence-electron chi connectivity index (χ3n) is 5.91. The minimum atomic E-state index is -0.285. The van der Waals surface area contributed by atoms with Crippen molar-refractivity contribution in [1.29, 1.82) is 0 Å². The SMILES string of the molecule is COc1cncc(-c2ccc(NC(=O)CN3CCCC4=C3C(=O)N(C3CC3)C4=O)nc2)c1. The van der Waals surface area contributed by atoms with Gasteiger partial charge in [-0.25, -0.2) is 4.98 Å². The number of aromatic nitrogens is 2. The highest BCUT2D eigenvalue weighted by Crippen LogP contribution is 2.38. The van der Waals surface area contributed by atoms with Gasteiger partial charge in [0.05, 0.1) is 19.9 Å². The van der Waals surface area contributed by atoms with E-state index in [4.69, 9.17) is 4.74 Å². The van der Waals surface area contributed by atoms with Gasteiger partial charge in [-0.1, -0.05) is 0 Å². The minimum absolute atomic E-state index is 0.000401. The van der Waals surface area contributed by atoms with Gasteiger partial charge in [0.15, 0.2) is 0 Å². The number of imide groups is 1. The molecule has 4 heterocycles. The van der Waals surface area contributed by atoms with Crippen molar-refractivity contribution in [2.24, 2.45) is 0 Å². The Morgan fingerprint density at radius 2 is 2.00 bits per heavy atom.